The molecule has 144 valence electrons. The minimum Gasteiger partial charge on any atom is -0.480 e. The van der Waals surface area contributed by atoms with Crippen LogP contribution in [0.4, 0.5) is 5.82 Å². The molecule has 1 N–H and O–H groups in total. The van der Waals surface area contributed by atoms with Crippen molar-refractivity contribution < 1.29 is 18.3 Å². The van der Waals surface area contributed by atoms with E-state index in [1.807, 2.05) is 6.92 Å². The summed E-state index contributed by atoms with van der Waals surface area (Å²) in [5.74, 6) is -0.631. The highest BCUT2D eigenvalue weighted by Gasteiger charge is 2.42. The summed E-state index contributed by atoms with van der Waals surface area (Å²) in [6, 6.07) is 2.65. The van der Waals surface area contributed by atoms with E-state index in [-0.39, 0.29) is 23.5 Å². The lowest BCUT2D eigenvalue weighted by molar-refractivity contribution is -0.140. The Balaban J connectivity index is 2.09. The van der Waals surface area contributed by atoms with Crippen molar-refractivity contribution >= 4 is 21.8 Å². The topological polar surface area (TPSA) is 90.8 Å². The predicted molar refractivity (Wildman–Crippen MR) is 98.8 cm³/mol. The fraction of sp³-hybridized carbons (Fsp3) is 0.667. The van der Waals surface area contributed by atoms with Crippen molar-refractivity contribution in [1.82, 2.24) is 9.29 Å². The summed E-state index contributed by atoms with van der Waals surface area (Å²) in [5.41, 5.74) is 0.750. The summed E-state index contributed by atoms with van der Waals surface area (Å²) in [7, 11) is -3.93. The molecule has 0 aromatic carbocycles. The number of aryl methyl sites for hydroxylation is 1. The quantitative estimate of drug-likeness (QED) is 0.861. The average molecular weight is 381 g/mol. The number of anilines is 1. The summed E-state index contributed by atoms with van der Waals surface area (Å²) in [6.07, 6.45) is 3.99. The molecule has 0 amide bonds. The number of pyridine rings is 1. The highest BCUT2D eigenvalue weighted by Crippen LogP contribution is 2.35. The fourth-order valence-electron chi connectivity index (χ4n) is 4.16. The smallest absolute Gasteiger partial charge is 0.322 e. The van der Waals surface area contributed by atoms with E-state index in [0.29, 0.717) is 18.7 Å². The van der Waals surface area contributed by atoms with Crippen LogP contribution in [-0.4, -0.2) is 53.5 Å². The van der Waals surface area contributed by atoms with Crippen molar-refractivity contribution in [3.63, 3.8) is 0 Å². The van der Waals surface area contributed by atoms with Crippen LogP contribution >= 0.6 is 0 Å². The Bertz CT molecular complexity index is 786. The molecule has 0 unspecified atom stereocenters. The normalized spacial score (nSPS) is 27.7. The summed E-state index contributed by atoms with van der Waals surface area (Å²) in [5, 5.41) is 9.41. The third-order valence-electron chi connectivity index (χ3n) is 5.49. The Morgan fingerprint density at radius 2 is 1.81 bits per heavy atom. The van der Waals surface area contributed by atoms with Crippen molar-refractivity contribution in [2.45, 2.75) is 75.9 Å². The number of hydrogen-bond donors (Lipinski definition) is 1. The Kier molecular flexibility index (Phi) is 5.25. The molecule has 0 bridgehead atoms. The maximum Gasteiger partial charge on any atom is 0.322 e. The second-order valence-corrected chi connectivity index (χ2v) is 9.28. The maximum absolute atomic E-state index is 13.3. The van der Waals surface area contributed by atoms with Gasteiger partial charge in [0.1, 0.15) is 16.8 Å². The maximum atomic E-state index is 13.3. The molecular weight excluding hydrogens is 354 g/mol. The highest BCUT2D eigenvalue weighted by atomic mass is 32.2. The molecule has 2 saturated heterocycles. The standard InChI is InChI=1S/C18H27N3O4S/c1-12-9-10-16(17(19-12)21-13(2)6-4-7-14(21)3)26(24,25)20-11-5-8-15(20)18(22)23/h9-10,13-15H,4-8,11H2,1-3H3,(H,22,23)/t13-,14+,15-/m0/s1. The highest BCUT2D eigenvalue weighted by molar-refractivity contribution is 7.89. The van der Waals surface area contributed by atoms with Gasteiger partial charge in [-0.2, -0.15) is 4.31 Å². The van der Waals surface area contributed by atoms with Crippen LogP contribution in [0, 0.1) is 6.92 Å². The van der Waals surface area contributed by atoms with Crippen LogP contribution in [0.3, 0.4) is 0 Å². The van der Waals surface area contributed by atoms with Crippen LogP contribution in [0.5, 0.6) is 0 Å². The van der Waals surface area contributed by atoms with Gasteiger partial charge in [-0.05, 0) is 65.0 Å². The van der Waals surface area contributed by atoms with E-state index in [1.54, 1.807) is 12.1 Å². The van der Waals surface area contributed by atoms with Crippen LogP contribution in [0.15, 0.2) is 17.0 Å². The van der Waals surface area contributed by atoms with Crippen LogP contribution in [0.2, 0.25) is 0 Å². The molecule has 2 aliphatic rings. The van der Waals surface area contributed by atoms with Crippen molar-refractivity contribution in [2.24, 2.45) is 0 Å². The van der Waals surface area contributed by atoms with Gasteiger partial charge in [-0.25, -0.2) is 13.4 Å². The van der Waals surface area contributed by atoms with E-state index in [9.17, 15) is 18.3 Å². The van der Waals surface area contributed by atoms with Crippen LogP contribution in [-0.2, 0) is 14.8 Å². The van der Waals surface area contributed by atoms with Crippen molar-refractivity contribution in [3.05, 3.63) is 17.8 Å². The molecule has 1 aromatic heterocycles. The first-order valence-electron chi connectivity index (χ1n) is 9.24. The van der Waals surface area contributed by atoms with E-state index in [1.165, 1.54) is 0 Å². The van der Waals surface area contributed by atoms with E-state index in [0.717, 1.165) is 29.3 Å². The molecule has 8 heteroatoms. The molecule has 26 heavy (non-hydrogen) atoms. The Labute approximate surface area is 155 Å². The van der Waals surface area contributed by atoms with Crippen LogP contribution in [0.1, 0.15) is 51.6 Å². The molecular formula is C18H27N3O4S. The zero-order valence-electron chi connectivity index (χ0n) is 15.6. The zero-order chi connectivity index (χ0) is 19.1. The van der Waals surface area contributed by atoms with Gasteiger partial charge < -0.3 is 10.0 Å². The van der Waals surface area contributed by atoms with Crippen molar-refractivity contribution in [1.29, 1.82) is 0 Å². The SMILES string of the molecule is Cc1ccc(S(=O)(=O)N2CCC[C@H]2C(=O)O)c(N2[C@H](C)CCC[C@@H]2C)n1. The molecule has 2 aliphatic heterocycles. The molecule has 0 aliphatic carbocycles. The second-order valence-electron chi connectivity index (χ2n) is 7.42. The van der Waals surface area contributed by atoms with Gasteiger partial charge in [0.2, 0.25) is 10.0 Å². The number of carboxylic acid groups (broad SMARTS) is 1. The molecule has 3 atom stereocenters. The first kappa shape index (κ1) is 19.1. The summed E-state index contributed by atoms with van der Waals surface area (Å²) in [6.45, 7) is 6.25. The van der Waals surface area contributed by atoms with Gasteiger partial charge >= 0.3 is 5.97 Å². The van der Waals surface area contributed by atoms with Gasteiger partial charge in [0, 0.05) is 24.3 Å². The lowest BCUT2D eigenvalue weighted by atomic mass is 9.97. The first-order valence-corrected chi connectivity index (χ1v) is 10.7. The summed E-state index contributed by atoms with van der Waals surface area (Å²) >= 11 is 0. The lowest BCUT2D eigenvalue weighted by Gasteiger charge is -2.41. The number of sulfonamides is 1. The van der Waals surface area contributed by atoms with E-state index in [2.05, 4.69) is 23.7 Å². The van der Waals surface area contributed by atoms with E-state index < -0.39 is 22.0 Å². The minimum absolute atomic E-state index is 0.122. The van der Waals surface area contributed by atoms with Crippen molar-refractivity contribution in [2.75, 3.05) is 11.4 Å². The summed E-state index contributed by atoms with van der Waals surface area (Å²) < 4.78 is 27.8. The number of piperidine rings is 1. The molecule has 0 spiro atoms. The number of aliphatic carboxylic acids is 1. The number of rotatable bonds is 4. The average Bonchev–Trinajstić information content (AvgIpc) is 3.05. The molecule has 3 heterocycles. The second kappa shape index (κ2) is 7.15. The third-order valence-corrected chi connectivity index (χ3v) is 7.42. The third kappa shape index (κ3) is 3.32. The number of aromatic nitrogens is 1. The monoisotopic (exact) mass is 381 g/mol. The zero-order valence-corrected chi connectivity index (χ0v) is 16.4. The molecule has 0 saturated carbocycles. The molecule has 3 rings (SSSR count). The molecule has 2 fully saturated rings. The van der Waals surface area contributed by atoms with Crippen molar-refractivity contribution in [3.8, 4) is 0 Å². The number of hydrogen-bond acceptors (Lipinski definition) is 5. The van der Waals surface area contributed by atoms with Gasteiger partial charge in [0.05, 0.1) is 0 Å². The van der Waals surface area contributed by atoms with Gasteiger partial charge in [0.15, 0.2) is 0 Å². The van der Waals surface area contributed by atoms with Crippen LogP contribution < -0.4 is 4.90 Å². The van der Waals surface area contributed by atoms with E-state index >= 15 is 0 Å². The number of carboxylic acids is 1. The van der Waals surface area contributed by atoms with Gasteiger partial charge in [-0.1, -0.05) is 0 Å². The predicted octanol–water partition coefficient (Wildman–Crippen LogP) is 2.40. The fourth-order valence-corrected chi connectivity index (χ4v) is 5.93. The summed E-state index contributed by atoms with van der Waals surface area (Å²) in [4.78, 5) is 18.3. The molecule has 1 aromatic rings. The Morgan fingerprint density at radius 1 is 1.15 bits per heavy atom. The lowest BCUT2D eigenvalue weighted by Crippen LogP contribution is -2.46. The first-order chi connectivity index (χ1) is 12.2. The number of carbonyl (C=O) groups is 1. The molecule has 0 radical (unpaired) electrons. The van der Waals surface area contributed by atoms with E-state index in [4.69, 9.17) is 0 Å². The van der Waals surface area contributed by atoms with Gasteiger partial charge in [-0.15, -0.1) is 0 Å². The Hall–Kier alpha value is -1.67. The molecule has 7 nitrogen and oxygen atoms in total. The van der Waals surface area contributed by atoms with Gasteiger partial charge in [0.25, 0.3) is 0 Å². The number of nitrogens with zero attached hydrogens (tertiary/aromatic N) is 3. The van der Waals surface area contributed by atoms with Gasteiger partial charge in [-0.3, -0.25) is 4.79 Å². The van der Waals surface area contributed by atoms with Crippen LogP contribution in [0.25, 0.3) is 0 Å². The largest absolute Gasteiger partial charge is 0.480 e. The minimum atomic E-state index is -3.93. The Morgan fingerprint density at radius 3 is 2.42 bits per heavy atom.